The van der Waals surface area contributed by atoms with Crippen molar-refractivity contribution in [2.24, 2.45) is 11.8 Å². The molecule has 0 aromatic carbocycles. The van der Waals surface area contributed by atoms with Crippen LogP contribution in [-0.2, 0) is 13.1 Å². The first-order valence-corrected chi connectivity index (χ1v) is 7.43. The number of rotatable bonds is 5. The predicted octanol–water partition coefficient (Wildman–Crippen LogP) is 3.21. The lowest BCUT2D eigenvalue weighted by molar-refractivity contribution is 0.225. The molecule has 1 aromatic rings. The van der Waals surface area contributed by atoms with Crippen LogP contribution in [0.4, 0.5) is 0 Å². The van der Waals surface area contributed by atoms with Crippen molar-refractivity contribution >= 4 is 0 Å². The molecule has 1 saturated carbocycles. The standard InChI is InChI=1S/C15H27N3/c1-4-7-18-11-16-9-15(18)10-17-14-6-5-12(2)13(3)8-14/h9,11-14,17H,4-8,10H2,1-3H3. The summed E-state index contributed by atoms with van der Waals surface area (Å²) in [6.07, 6.45) is 9.13. The van der Waals surface area contributed by atoms with E-state index in [4.69, 9.17) is 0 Å². The molecule has 3 unspecified atom stereocenters. The molecule has 2 rings (SSSR count). The van der Waals surface area contributed by atoms with Gasteiger partial charge in [0, 0.05) is 25.3 Å². The average molecular weight is 249 g/mol. The summed E-state index contributed by atoms with van der Waals surface area (Å²) < 4.78 is 2.27. The molecular formula is C15H27N3. The van der Waals surface area contributed by atoms with Gasteiger partial charge in [0.2, 0.25) is 0 Å². The summed E-state index contributed by atoms with van der Waals surface area (Å²) in [6, 6.07) is 0.696. The van der Waals surface area contributed by atoms with Crippen molar-refractivity contribution in [1.82, 2.24) is 14.9 Å². The second kappa shape index (κ2) is 6.37. The molecule has 1 fully saturated rings. The molecule has 3 nitrogen and oxygen atoms in total. The summed E-state index contributed by atoms with van der Waals surface area (Å²) in [5.41, 5.74) is 1.32. The van der Waals surface area contributed by atoms with E-state index >= 15 is 0 Å². The van der Waals surface area contributed by atoms with Gasteiger partial charge < -0.3 is 9.88 Å². The number of nitrogens with zero attached hydrogens (tertiary/aromatic N) is 2. The number of imidazole rings is 1. The van der Waals surface area contributed by atoms with Gasteiger partial charge in [-0.05, 0) is 37.5 Å². The van der Waals surface area contributed by atoms with Gasteiger partial charge in [0.25, 0.3) is 0 Å². The quantitative estimate of drug-likeness (QED) is 0.868. The molecule has 1 aliphatic carbocycles. The van der Waals surface area contributed by atoms with Crippen LogP contribution in [0.25, 0.3) is 0 Å². The summed E-state index contributed by atoms with van der Waals surface area (Å²) >= 11 is 0. The molecule has 0 radical (unpaired) electrons. The van der Waals surface area contributed by atoms with Crippen molar-refractivity contribution in [3.63, 3.8) is 0 Å². The fourth-order valence-corrected chi connectivity index (χ4v) is 2.92. The largest absolute Gasteiger partial charge is 0.333 e. The van der Waals surface area contributed by atoms with Crippen LogP contribution < -0.4 is 5.32 Å². The summed E-state index contributed by atoms with van der Waals surface area (Å²) in [5.74, 6) is 1.76. The number of aryl methyl sites for hydroxylation is 1. The molecule has 102 valence electrons. The molecule has 0 saturated heterocycles. The molecular weight excluding hydrogens is 222 g/mol. The van der Waals surface area contributed by atoms with Crippen LogP contribution in [0.2, 0.25) is 0 Å². The van der Waals surface area contributed by atoms with Gasteiger partial charge in [-0.1, -0.05) is 20.8 Å². The average Bonchev–Trinajstić information content (AvgIpc) is 2.79. The van der Waals surface area contributed by atoms with Crippen LogP contribution in [0.5, 0.6) is 0 Å². The Bertz CT molecular complexity index is 358. The van der Waals surface area contributed by atoms with E-state index in [1.54, 1.807) is 0 Å². The van der Waals surface area contributed by atoms with Gasteiger partial charge in [0.15, 0.2) is 0 Å². The summed E-state index contributed by atoms with van der Waals surface area (Å²) in [6.45, 7) is 9.03. The summed E-state index contributed by atoms with van der Waals surface area (Å²) in [5, 5.41) is 3.71. The molecule has 0 spiro atoms. The zero-order valence-corrected chi connectivity index (χ0v) is 12.0. The van der Waals surface area contributed by atoms with Gasteiger partial charge in [-0.2, -0.15) is 0 Å². The number of hydrogen-bond donors (Lipinski definition) is 1. The Balaban J connectivity index is 1.82. The number of nitrogens with one attached hydrogen (secondary N) is 1. The molecule has 0 bridgehead atoms. The fourth-order valence-electron chi connectivity index (χ4n) is 2.92. The first kappa shape index (κ1) is 13.6. The van der Waals surface area contributed by atoms with Crippen LogP contribution in [0.15, 0.2) is 12.5 Å². The number of hydrogen-bond acceptors (Lipinski definition) is 2. The van der Waals surface area contributed by atoms with E-state index in [2.05, 4.69) is 35.6 Å². The minimum atomic E-state index is 0.696. The molecule has 1 N–H and O–H groups in total. The smallest absolute Gasteiger partial charge is 0.0948 e. The second-order valence-corrected chi connectivity index (χ2v) is 5.92. The Morgan fingerprint density at radius 3 is 2.89 bits per heavy atom. The maximum Gasteiger partial charge on any atom is 0.0948 e. The normalized spacial score (nSPS) is 28.5. The summed E-state index contributed by atoms with van der Waals surface area (Å²) in [4.78, 5) is 4.25. The van der Waals surface area contributed by atoms with Crippen molar-refractivity contribution in [3.05, 3.63) is 18.2 Å². The van der Waals surface area contributed by atoms with E-state index < -0.39 is 0 Å². The van der Waals surface area contributed by atoms with Crippen molar-refractivity contribution in [3.8, 4) is 0 Å². The van der Waals surface area contributed by atoms with E-state index in [9.17, 15) is 0 Å². The Hall–Kier alpha value is -0.830. The lowest BCUT2D eigenvalue weighted by Gasteiger charge is -2.32. The van der Waals surface area contributed by atoms with Gasteiger partial charge in [0.05, 0.1) is 12.0 Å². The lowest BCUT2D eigenvalue weighted by atomic mass is 9.79. The van der Waals surface area contributed by atoms with Crippen molar-refractivity contribution < 1.29 is 0 Å². The summed E-state index contributed by atoms with van der Waals surface area (Å²) in [7, 11) is 0. The first-order valence-electron chi connectivity index (χ1n) is 7.43. The highest BCUT2D eigenvalue weighted by Gasteiger charge is 2.24. The van der Waals surface area contributed by atoms with E-state index in [0.717, 1.165) is 24.9 Å². The van der Waals surface area contributed by atoms with Crippen molar-refractivity contribution in [2.75, 3.05) is 0 Å². The molecule has 0 aliphatic heterocycles. The van der Waals surface area contributed by atoms with Gasteiger partial charge in [-0.25, -0.2) is 4.98 Å². The lowest BCUT2D eigenvalue weighted by Crippen LogP contribution is -2.36. The van der Waals surface area contributed by atoms with Gasteiger partial charge >= 0.3 is 0 Å². The fraction of sp³-hybridized carbons (Fsp3) is 0.800. The first-order chi connectivity index (χ1) is 8.70. The van der Waals surface area contributed by atoms with Crippen LogP contribution in [0, 0.1) is 11.8 Å². The van der Waals surface area contributed by atoms with E-state index in [-0.39, 0.29) is 0 Å². The van der Waals surface area contributed by atoms with Crippen molar-refractivity contribution in [1.29, 1.82) is 0 Å². The zero-order valence-electron chi connectivity index (χ0n) is 12.0. The van der Waals surface area contributed by atoms with Crippen LogP contribution in [-0.4, -0.2) is 15.6 Å². The monoisotopic (exact) mass is 249 g/mol. The van der Waals surface area contributed by atoms with E-state index in [0.29, 0.717) is 6.04 Å². The highest BCUT2D eigenvalue weighted by atomic mass is 15.1. The highest BCUT2D eigenvalue weighted by Crippen LogP contribution is 2.29. The topological polar surface area (TPSA) is 29.9 Å². The Morgan fingerprint density at radius 2 is 2.17 bits per heavy atom. The predicted molar refractivity (Wildman–Crippen MR) is 75.3 cm³/mol. The molecule has 1 heterocycles. The zero-order chi connectivity index (χ0) is 13.0. The maximum atomic E-state index is 4.25. The Labute approximate surface area is 111 Å². The third-order valence-electron chi connectivity index (χ3n) is 4.43. The van der Waals surface area contributed by atoms with Gasteiger partial charge in [0.1, 0.15) is 0 Å². The van der Waals surface area contributed by atoms with Crippen LogP contribution in [0.3, 0.4) is 0 Å². The molecule has 3 heteroatoms. The van der Waals surface area contributed by atoms with Crippen molar-refractivity contribution in [2.45, 2.75) is 65.6 Å². The molecule has 3 atom stereocenters. The Morgan fingerprint density at radius 1 is 1.33 bits per heavy atom. The van der Waals surface area contributed by atoms with Gasteiger partial charge in [-0.15, -0.1) is 0 Å². The van der Waals surface area contributed by atoms with E-state index in [1.165, 1.54) is 31.4 Å². The minimum absolute atomic E-state index is 0.696. The third-order valence-corrected chi connectivity index (χ3v) is 4.43. The molecule has 0 amide bonds. The SMILES string of the molecule is CCCn1cncc1CNC1CCC(C)C(C)C1. The van der Waals surface area contributed by atoms with E-state index in [1.807, 2.05) is 12.5 Å². The van der Waals surface area contributed by atoms with Crippen LogP contribution in [0.1, 0.15) is 52.1 Å². The second-order valence-electron chi connectivity index (χ2n) is 5.92. The van der Waals surface area contributed by atoms with Crippen LogP contribution >= 0.6 is 0 Å². The minimum Gasteiger partial charge on any atom is -0.333 e. The highest BCUT2D eigenvalue weighted by molar-refractivity contribution is 4.98. The Kier molecular flexibility index (Phi) is 4.81. The van der Waals surface area contributed by atoms with Gasteiger partial charge in [-0.3, -0.25) is 0 Å². The molecule has 1 aromatic heterocycles. The maximum absolute atomic E-state index is 4.25. The molecule has 1 aliphatic rings. The molecule has 18 heavy (non-hydrogen) atoms. The third kappa shape index (κ3) is 3.35. The number of aromatic nitrogens is 2.